The second-order valence-electron chi connectivity index (χ2n) is 5.87. The van der Waals surface area contributed by atoms with Gasteiger partial charge in [0.15, 0.2) is 11.5 Å². The van der Waals surface area contributed by atoms with E-state index in [0.29, 0.717) is 29.6 Å². The van der Waals surface area contributed by atoms with Crippen molar-refractivity contribution in [1.82, 2.24) is 5.32 Å². The second-order valence-corrected chi connectivity index (χ2v) is 6.30. The number of benzene rings is 2. The van der Waals surface area contributed by atoms with Gasteiger partial charge in [0, 0.05) is 18.7 Å². The van der Waals surface area contributed by atoms with E-state index in [1.807, 2.05) is 12.1 Å². The smallest absolute Gasteiger partial charge is 0.294 e. The maximum atomic E-state index is 12.9. The Morgan fingerprint density at radius 3 is 2.85 bits per heavy atom. The molecule has 0 aromatic heterocycles. The fourth-order valence-corrected chi connectivity index (χ4v) is 2.86. The SMILES string of the molecule is COCCNC(=O)CN1C(=O)/C(=C\c2cccc(Cl)c2)Oc2ccccc21. The minimum atomic E-state index is -0.393. The number of ether oxygens (including phenoxy) is 2. The molecule has 1 heterocycles. The Labute approximate surface area is 162 Å². The number of nitrogens with one attached hydrogen (secondary N) is 1. The van der Waals surface area contributed by atoms with Crippen molar-refractivity contribution in [2.45, 2.75) is 0 Å². The Morgan fingerprint density at radius 1 is 1.26 bits per heavy atom. The van der Waals surface area contributed by atoms with E-state index in [-0.39, 0.29) is 18.2 Å². The van der Waals surface area contributed by atoms with Crippen molar-refractivity contribution in [2.75, 3.05) is 31.7 Å². The topological polar surface area (TPSA) is 67.9 Å². The molecule has 2 aromatic rings. The first kappa shape index (κ1) is 18.9. The highest BCUT2D eigenvalue weighted by Crippen LogP contribution is 2.35. The number of fused-ring (bicyclic) bond motifs is 1. The molecule has 0 atom stereocenters. The van der Waals surface area contributed by atoms with Crippen LogP contribution in [0.1, 0.15) is 5.56 Å². The molecule has 27 heavy (non-hydrogen) atoms. The van der Waals surface area contributed by atoms with Crippen LogP contribution in [0.2, 0.25) is 5.02 Å². The third-order valence-corrected chi connectivity index (χ3v) is 4.14. The number of carbonyl (C=O) groups is 2. The molecule has 1 aliphatic heterocycles. The molecule has 140 valence electrons. The number of nitrogens with zero attached hydrogens (tertiary/aromatic N) is 1. The standard InChI is InChI=1S/C20H19ClN2O4/c1-26-10-9-22-19(24)13-23-16-7-2-3-8-17(16)27-18(20(23)25)12-14-5-4-6-15(21)11-14/h2-8,11-12H,9-10,13H2,1H3,(H,22,24)/b18-12+. The van der Waals surface area contributed by atoms with E-state index in [1.54, 1.807) is 49.6 Å². The highest BCUT2D eigenvalue weighted by Gasteiger charge is 2.31. The molecule has 6 nitrogen and oxygen atoms in total. The van der Waals surface area contributed by atoms with Crippen molar-refractivity contribution >= 4 is 35.2 Å². The molecule has 0 saturated carbocycles. The fourth-order valence-electron chi connectivity index (χ4n) is 2.66. The van der Waals surface area contributed by atoms with Crippen molar-refractivity contribution in [2.24, 2.45) is 0 Å². The van der Waals surface area contributed by atoms with Gasteiger partial charge in [-0.15, -0.1) is 0 Å². The van der Waals surface area contributed by atoms with E-state index >= 15 is 0 Å². The molecule has 0 saturated heterocycles. The second kappa shape index (κ2) is 8.70. The van der Waals surface area contributed by atoms with E-state index in [1.165, 1.54) is 4.90 Å². The number of rotatable bonds is 6. The monoisotopic (exact) mass is 386 g/mol. The van der Waals surface area contributed by atoms with Gasteiger partial charge in [-0.05, 0) is 35.9 Å². The van der Waals surface area contributed by atoms with Crippen molar-refractivity contribution in [3.8, 4) is 5.75 Å². The Bertz CT molecular complexity index is 882. The Hall–Kier alpha value is -2.83. The van der Waals surface area contributed by atoms with E-state index < -0.39 is 5.91 Å². The number of carbonyl (C=O) groups excluding carboxylic acids is 2. The summed E-state index contributed by atoms with van der Waals surface area (Å²) in [5.41, 5.74) is 1.28. The van der Waals surface area contributed by atoms with Gasteiger partial charge in [0.05, 0.1) is 12.3 Å². The molecule has 1 aliphatic rings. The lowest BCUT2D eigenvalue weighted by Crippen LogP contribution is -2.44. The van der Waals surface area contributed by atoms with Crippen LogP contribution in [0, 0.1) is 0 Å². The summed E-state index contributed by atoms with van der Waals surface area (Å²) >= 11 is 6.01. The van der Waals surface area contributed by atoms with Gasteiger partial charge < -0.3 is 14.8 Å². The number of para-hydroxylation sites is 2. The summed E-state index contributed by atoms with van der Waals surface area (Å²) in [6.45, 7) is 0.663. The van der Waals surface area contributed by atoms with Gasteiger partial charge in [-0.25, -0.2) is 0 Å². The highest BCUT2D eigenvalue weighted by atomic mass is 35.5. The van der Waals surface area contributed by atoms with Crippen LogP contribution < -0.4 is 15.0 Å². The van der Waals surface area contributed by atoms with Crippen molar-refractivity contribution in [3.05, 3.63) is 64.9 Å². The van der Waals surface area contributed by atoms with Crippen molar-refractivity contribution in [1.29, 1.82) is 0 Å². The predicted molar refractivity (Wildman–Crippen MR) is 104 cm³/mol. The molecule has 0 unspecified atom stereocenters. The number of amides is 2. The van der Waals surface area contributed by atoms with Crippen LogP contribution in [0.4, 0.5) is 5.69 Å². The molecule has 0 aliphatic carbocycles. The van der Waals surface area contributed by atoms with Gasteiger partial charge in [0.2, 0.25) is 5.91 Å². The normalized spacial score (nSPS) is 14.7. The van der Waals surface area contributed by atoms with E-state index in [9.17, 15) is 9.59 Å². The lowest BCUT2D eigenvalue weighted by atomic mass is 10.1. The first-order valence-electron chi connectivity index (χ1n) is 8.40. The number of anilines is 1. The Morgan fingerprint density at radius 2 is 2.07 bits per heavy atom. The van der Waals surface area contributed by atoms with Gasteiger partial charge in [-0.1, -0.05) is 35.9 Å². The van der Waals surface area contributed by atoms with Crippen LogP contribution in [-0.4, -0.2) is 38.6 Å². The van der Waals surface area contributed by atoms with Crippen LogP contribution in [-0.2, 0) is 14.3 Å². The van der Waals surface area contributed by atoms with Crippen LogP contribution in [0.15, 0.2) is 54.3 Å². The van der Waals surface area contributed by atoms with Crippen molar-refractivity contribution < 1.29 is 19.1 Å². The summed E-state index contributed by atoms with van der Waals surface area (Å²) in [4.78, 5) is 26.6. The zero-order valence-corrected chi connectivity index (χ0v) is 15.5. The molecule has 0 spiro atoms. The maximum Gasteiger partial charge on any atom is 0.294 e. The highest BCUT2D eigenvalue weighted by molar-refractivity contribution is 6.30. The maximum absolute atomic E-state index is 12.9. The summed E-state index contributed by atoms with van der Waals surface area (Å²) in [6.07, 6.45) is 1.61. The largest absolute Gasteiger partial charge is 0.449 e. The summed E-state index contributed by atoms with van der Waals surface area (Å²) < 4.78 is 10.7. The number of hydrogen-bond donors (Lipinski definition) is 1. The molecule has 2 amide bonds. The molecule has 0 radical (unpaired) electrons. The Balaban J connectivity index is 1.87. The zero-order chi connectivity index (χ0) is 19.2. The first-order chi connectivity index (χ1) is 13.1. The van der Waals surface area contributed by atoms with Crippen LogP contribution in [0.3, 0.4) is 0 Å². The number of halogens is 1. The van der Waals surface area contributed by atoms with Gasteiger partial charge in [-0.2, -0.15) is 0 Å². The first-order valence-corrected chi connectivity index (χ1v) is 8.78. The van der Waals surface area contributed by atoms with E-state index in [4.69, 9.17) is 21.1 Å². The third kappa shape index (κ3) is 4.67. The Kier molecular flexibility index (Phi) is 6.11. The van der Waals surface area contributed by atoms with Gasteiger partial charge in [0.1, 0.15) is 6.54 Å². The van der Waals surface area contributed by atoms with Crippen LogP contribution >= 0.6 is 11.6 Å². The lowest BCUT2D eigenvalue weighted by molar-refractivity contribution is -0.123. The quantitative estimate of drug-likeness (QED) is 0.612. The molecule has 2 aromatic carbocycles. The number of hydrogen-bond acceptors (Lipinski definition) is 4. The summed E-state index contributed by atoms with van der Waals surface area (Å²) in [5, 5.41) is 3.28. The van der Waals surface area contributed by atoms with Crippen molar-refractivity contribution in [3.63, 3.8) is 0 Å². The average molecular weight is 387 g/mol. The van der Waals surface area contributed by atoms with Gasteiger partial charge >= 0.3 is 0 Å². The van der Waals surface area contributed by atoms with Crippen LogP contribution in [0.25, 0.3) is 6.08 Å². The molecule has 3 rings (SSSR count). The third-order valence-electron chi connectivity index (χ3n) is 3.91. The zero-order valence-electron chi connectivity index (χ0n) is 14.8. The molecular weight excluding hydrogens is 368 g/mol. The van der Waals surface area contributed by atoms with E-state index in [0.717, 1.165) is 5.56 Å². The molecule has 0 bridgehead atoms. The minimum absolute atomic E-state index is 0.115. The minimum Gasteiger partial charge on any atom is -0.449 e. The average Bonchev–Trinajstić information content (AvgIpc) is 2.65. The molecule has 7 heteroatoms. The summed E-state index contributed by atoms with van der Waals surface area (Å²) in [6, 6.07) is 14.2. The molecule has 1 N–H and O–H groups in total. The van der Waals surface area contributed by atoms with Crippen LogP contribution in [0.5, 0.6) is 5.75 Å². The predicted octanol–water partition coefficient (Wildman–Crippen LogP) is 2.87. The van der Waals surface area contributed by atoms with E-state index in [2.05, 4.69) is 5.32 Å². The van der Waals surface area contributed by atoms with Gasteiger partial charge in [0.25, 0.3) is 5.91 Å². The number of methoxy groups -OCH3 is 1. The fraction of sp³-hybridized carbons (Fsp3) is 0.200. The van der Waals surface area contributed by atoms with Gasteiger partial charge in [-0.3, -0.25) is 14.5 Å². The molecule has 0 fully saturated rings. The summed E-state index contributed by atoms with van der Waals surface area (Å²) in [7, 11) is 1.56. The molecular formula is C20H19ClN2O4. The summed E-state index contributed by atoms with van der Waals surface area (Å²) in [5.74, 6) is -0.0366. The lowest BCUT2D eigenvalue weighted by Gasteiger charge is -2.30.